The van der Waals surface area contributed by atoms with E-state index in [1.165, 1.54) is 127 Å². The van der Waals surface area contributed by atoms with Crippen molar-refractivity contribution >= 4 is 17.1 Å². The summed E-state index contributed by atoms with van der Waals surface area (Å²) in [5, 5.41) is 0. The molecule has 0 radical (unpaired) electrons. The molecule has 6 N–H and O–H groups in total. The standard InChI is InChI=1S/C54H63N3O3/c55-40-7-1-4-10-43(40)58-49-47(53-25-34-16-35(26-53)18-36(17-34)27-53)46(52-22-31-13-32(23-52)15-33(14-31)24-52)48(54-28-37-19-38(29-54)21-39(20-37)30-54)50(59-44-11-5-2-8-41(44)56)51(49)60-45-12-6-3-9-42(45)57/h1-12,31-39H,13-30,55-57H2. The summed E-state index contributed by atoms with van der Waals surface area (Å²) in [6, 6.07) is 24.1. The fourth-order valence-electron chi connectivity index (χ4n) is 17.8. The van der Waals surface area contributed by atoms with E-state index in [4.69, 9.17) is 31.4 Å². The highest BCUT2D eigenvalue weighted by atomic mass is 16.5. The van der Waals surface area contributed by atoms with Crippen LogP contribution in [0.1, 0.15) is 132 Å². The molecule has 0 aromatic heterocycles. The SMILES string of the molecule is Nc1ccccc1Oc1c(Oc2ccccc2N)c(C23CC4CC(CC(C4)C2)C3)c(C23CC4CC(CC(C4)C2)C3)c(C23CC4CC(CC(C4)C2)C3)c1Oc1ccccc1N. The maximum atomic E-state index is 7.66. The first kappa shape index (κ1) is 36.3. The van der Waals surface area contributed by atoms with Gasteiger partial charge >= 0.3 is 0 Å². The third kappa shape index (κ3) is 5.56. The van der Waals surface area contributed by atoms with Gasteiger partial charge < -0.3 is 31.4 Å². The molecule has 12 bridgehead atoms. The molecule has 6 heteroatoms. The Kier molecular flexibility index (Phi) is 7.93. The molecule has 6 nitrogen and oxygen atoms in total. The van der Waals surface area contributed by atoms with Gasteiger partial charge in [-0.1, -0.05) is 36.4 Å². The van der Waals surface area contributed by atoms with E-state index in [0.29, 0.717) is 40.1 Å². The molecule has 0 aliphatic heterocycles. The topological polar surface area (TPSA) is 106 Å². The average Bonchev–Trinajstić information content (AvgIpc) is 3.19. The Morgan fingerprint density at radius 3 is 0.817 bits per heavy atom. The molecule has 60 heavy (non-hydrogen) atoms. The number of hydrogen-bond donors (Lipinski definition) is 3. The summed E-state index contributed by atoms with van der Waals surface area (Å²) in [5.41, 5.74) is 27.3. The molecule has 0 spiro atoms. The normalized spacial score (nSPS) is 38.7. The highest BCUT2D eigenvalue weighted by Gasteiger charge is 2.62. The second kappa shape index (κ2) is 13.1. The molecule has 312 valence electrons. The zero-order chi connectivity index (χ0) is 40.0. The fourth-order valence-corrected chi connectivity index (χ4v) is 17.8. The molecule has 12 aliphatic rings. The highest BCUT2D eigenvalue weighted by molar-refractivity contribution is 5.74. The number of nitrogens with two attached hydrogens (primary N) is 3. The lowest BCUT2D eigenvalue weighted by molar-refractivity contribution is -0.0255. The lowest BCUT2D eigenvalue weighted by Gasteiger charge is -2.63. The smallest absolute Gasteiger partial charge is 0.213 e. The van der Waals surface area contributed by atoms with Crippen LogP contribution in [0.25, 0.3) is 0 Å². The van der Waals surface area contributed by atoms with E-state index in [9.17, 15) is 0 Å². The number of rotatable bonds is 9. The van der Waals surface area contributed by atoms with Crippen LogP contribution in [-0.2, 0) is 16.2 Å². The van der Waals surface area contributed by atoms with Gasteiger partial charge in [0.15, 0.2) is 28.7 Å². The van der Waals surface area contributed by atoms with Crippen LogP contribution in [0, 0.1) is 53.3 Å². The van der Waals surface area contributed by atoms with Crippen LogP contribution in [0.3, 0.4) is 0 Å². The Labute approximate surface area is 356 Å². The van der Waals surface area contributed by atoms with E-state index in [-0.39, 0.29) is 16.2 Å². The lowest BCUT2D eigenvalue weighted by atomic mass is 9.41. The van der Waals surface area contributed by atoms with Crippen molar-refractivity contribution in [2.45, 2.75) is 132 Å². The zero-order valence-electron chi connectivity index (χ0n) is 35.3. The van der Waals surface area contributed by atoms with Crippen molar-refractivity contribution in [1.29, 1.82) is 0 Å². The van der Waals surface area contributed by atoms with Crippen molar-refractivity contribution in [2.24, 2.45) is 53.3 Å². The Morgan fingerprint density at radius 1 is 0.317 bits per heavy atom. The van der Waals surface area contributed by atoms with Gasteiger partial charge in [-0.15, -0.1) is 0 Å². The lowest BCUT2D eigenvalue weighted by Crippen LogP contribution is -2.55. The quantitative estimate of drug-likeness (QED) is 0.146. The van der Waals surface area contributed by atoms with E-state index in [2.05, 4.69) is 12.1 Å². The maximum absolute atomic E-state index is 7.66. The molecule has 4 aromatic carbocycles. The first-order valence-electron chi connectivity index (χ1n) is 24.0. The van der Waals surface area contributed by atoms with E-state index in [1.807, 2.05) is 60.7 Å². The summed E-state index contributed by atoms with van der Waals surface area (Å²) in [5.74, 6) is 11.2. The summed E-state index contributed by atoms with van der Waals surface area (Å²) in [4.78, 5) is 0. The van der Waals surface area contributed by atoms with E-state index in [1.54, 1.807) is 5.56 Å². The number of anilines is 3. The molecule has 0 atom stereocenters. The molecular formula is C54H63N3O3. The van der Waals surface area contributed by atoms with Crippen LogP contribution >= 0.6 is 0 Å². The average molecular weight is 802 g/mol. The summed E-state index contributed by atoms with van der Waals surface area (Å²) in [6.45, 7) is 0. The summed E-state index contributed by atoms with van der Waals surface area (Å²) >= 11 is 0. The van der Waals surface area contributed by atoms with Crippen LogP contribution in [0.2, 0.25) is 0 Å². The van der Waals surface area contributed by atoms with Gasteiger partial charge in [-0.3, -0.25) is 0 Å². The Balaban J connectivity index is 1.19. The van der Waals surface area contributed by atoms with Crippen molar-refractivity contribution in [3.8, 4) is 34.5 Å². The highest BCUT2D eigenvalue weighted by Crippen LogP contribution is 2.73. The van der Waals surface area contributed by atoms with Crippen LogP contribution in [0.5, 0.6) is 34.5 Å². The van der Waals surface area contributed by atoms with Gasteiger partial charge in [-0.05, 0) is 216 Å². The minimum atomic E-state index is -0.00597. The summed E-state index contributed by atoms with van der Waals surface area (Å²) < 4.78 is 22.8. The van der Waals surface area contributed by atoms with Gasteiger partial charge in [0, 0.05) is 22.0 Å². The zero-order valence-corrected chi connectivity index (χ0v) is 35.3. The van der Waals surface area contributed by atoms with Gasteiger partial charge in [0.1, 0.15) is 0 Å². The predicted molar refractivity (Wildman–Crippen MR) is 239 cm³/mol. The van der Waals surface area contributed by atoms with Gasteiger partial charge in [0.05, 0.1) is 17.1 Å². The molecule has 0 saturated heterocycles. The second-order valence-electron chi connectivity index (χ2n) is 22.6. The first-order chi connectivity index (χ1) is 29.2. The second-order valence-corrected chi connectivity index (χ2v) is 22.6. The third-order valence-corrected chi connectivity index (χ3v) is 18.5. The largest absolute Gasteiger partial charge is 0.451 e. The van der Waals surface area contributed by atoms with Crippen molar-refractivity contribution in [3.63, 3.8) is 0 Å². The fraction of sp³-hybridized carbons (Fsp3) is 0.556. The Hall–Kier alpha value is -4.32. The molecule has 0 amide bonds. The molecule has 4 aromatic rings. The summed E-state index contributed by atoms with van der Waals surface area (Å²) in [6.07, 6.45) is 23.8. The van der Waals surface area contributed by atoms with Gasteiger partial charge in [0.25, 0.3) is 0 Å². The molecule has 12 fully saturated rings. The van der Waals surface area contributed by atoms with Crippen LogP contribution in [0.4, 0.5) is 17.1 Å². The van der Waals surface area contributed by atoms with E-state index in [0.717, 1.165) is 64.8 Å². The van der Waals surface area contributed by atoms with E-state index < -0.39 is 0 Å². The molecule has 12 aliphatic carbocycles. The van der Waals surface area contributed by atoms with Crippen molar-refractivity contribution in [2.75, 3.05) is 17.2 Å². The number of benzene rings is 4. The number of ether oxygens (including phenoxy) is 3. The van der Waals surface area contributed by atoms with Gasteiger partial charge in [0.2, 0.25) is 5.75 Å². The third-order valence-electron chi connectivity index (χ3n) is 18.5. The van der Waals surface area contributed by atoms with Crippen molar-refractivity contribution in [3.05, 3.63) is 89.5 Å². The molecule has 16 rings (SSSR count). The van der Waals surface area contributed by atoms with Crippen LogP contribution < -0.4 is 31.4 Å². The first-order valence-corrected chi connectivity index (χ1v) is 24.0. The van der Waals surface area contributed by atoms with Crippen molar-refractivity contribution < 1.29 is 14.2 Å². The van der Waals surface area contributed by atoms with Gasteiger partial charge in [-0.25, -0.2) is 0 Å². The van der Waals surface area contributed by atoms with Gasteiger partial charge in [-0.2, -0.15) is 0 Å². The Morgan fingerprint density at radius 2 is 0.550 bits per heavy atom. The monoisotopic (exact) mass is 801 g/mol. The molecular weight excluding hydrogens is 739 g/mol. The van der Waals surface area contributed by atoms with Crippen molar-refractivity contribution in [1.82, 2.24) is 0 Å². The molecule has 0 unspecified atom stereocenters. The number of nitrogen functional groups attached to an aromatic ring is 3. The molecule has 12 saturated carbocycles. The predicted octanol–water partition coefficient (Wildman–Crippen LogP) is 13.2. The van der Waals surface area contributed by atoms with Crippen LogP contribution in [-0.4, -0.2) is 0 Å². The van der Waals surface area contributed by atoms with Crippen LogP contribution in [0.15, 0.2) is 72.8 Å². The Bertz CT molecular complexity index is 2160. The minimum Gasteiger partial charge on any atom is -0.451 e. The van der Waals surface area contributed by atoms with E-state index >= 15 is 0 Å². The summed E-state index contributed by atoms with van der Waals surface area (Å²) in [7, 11) is 0. The number of para-hydroxylation sites is 6. The minimum absolute atomic E-state index is 0.00597. The number of hydrogen-bond acceptors (Lipinski definition) is 6. The maximum Gasteiger partial charge on any atom is 0.213 e. The molecule has 0 heterocycles.